The normalized spacial score (nSPS) is 19.1. The second kappa shape index (κ2) is 11.2. The fraction of sp³-hybridized carbons (Fsp3) is 0.292. The molecular weight excluding hydrogens is 495 g/mol. The molecule has 0 spiro atoms. The Balaban J connectivity index is 1.39. The van der Waals surface area contributed by atoms with Gasteiger partial charge in [0.25, 0.3) is 5.91 Å². The predicted octanol–water partition coefficient (Wildman–Crippen LogP) is 5.09. The lowest BCUT2D eigenvalue weighted by atomic mass is 10.1. The molecule has 2 heterocycles. The standard InChI is InChI=1S/C24H23FN2O6S2/c1-3-26-17(14-30-23(26)29)11-15-5-8-18(9-6-15)32-20-10-7-16(12-19(20)25)13-21-22(28)27(24(34)35-21)33-31-4-2/h5-10,12-13,17H,3-4,11,14H2,1-2H3/b21-13+. The number of hydrogen-bond donors (Lipinski definition) is 0. The van der Waals surface area contributed by atoms with Crippen LogP contribution >= 0.6 is 24.0 Å². The van der Waals surface area contributed by atoms with E-state index in [9.17, 15) is 14.0 Å². The molecule has 184 valence electrons. The lowest BCUT2D eigenvalue weighted by molar-refractivity contribution is -0.381. The molecule has 2 amide bonds. The predicted molar refractivity (Wildman–Crippen MR) is 132 cm³/mol. The minimum absolute atomic E-state index is 0.00421. The molecule has 0 N–H and O–H groups in total. The van der Waals surface area contributed by atoms with E-state index >= 15 is 0 Å². The molecule has 0 saturated carbocycles. The van der Waals surface area contributed by atoms with Gasteiger partial charge < -0.3 is 14.4 Å². The van der Waals surface area contributed by atoms with Crippen molar-refractivity contribution in [1.29, 1.82) is 0 Å². The van der Waals surface area contributed by atoms with Crippen molar-refractivity contribution in [1.82, 2.24) is 9.96 Å². The van der Waals surface area contributed by atoms with Gasteiger partial charge in [-0.3, -0.25) is 4.79 Å². The highest BCUT2D eigenvalue weighted by atomic mass is 32.2. The van der Waals surface area contributed by atoms with Gasteiger partial charge in [-0.2, -0.15) is 0 Å². The molecule has 2 aromatic carbocycles. The molecule has 2 aromatic rings. The molecule has 8 nitrogen and oxygen atoms in total. The van der Waals surface area contributed by atoms with E-state index < -0.39 is 11.7 Å². The third-order valence-electron chi connectivity index (χ3n) is 5.29. The van der Waals surface area contributed by atoms with Crippen molar-refractivity contribution in [3.8, 4) is 11.5 Å². The fourth-order valence-electron chi connectivity index (χ4n) is 3.60. The molecule has 11 heteroatoms. The average molecular weight is 519 g/mol. The van der Waals surface area contributed by atoms with Crippen LogP contribution in [0.15, 0.2) is 47.4 Å². The Hall–Kier alpha value is -2.99. The molecule has 0 aromatic heterocycles. The number of cyclic esters (lactones) is 1. The smallest absolute Gasteiger partial charge is 0.410 e. The van der Waals surface area contributed by atoms with Crippen LogP contribution in [0.5, 0.6) is 11.5 Å². The number of likely N-dealkylation sites (N-methyl/N-ethyl adjacent to an activating group) is 1. The number of amides is 2. The van der Waals surface area contributed by atoms with Crippen LogP contribution in [0.2, 0.25) is 0 Å². The summed E-state index contributed by atoms with van der Waals surface area (Å²) in [6.07, 6.45) is 1.89. The van der Waals surface area contributed by atoms with Gasteiger partial charge in [-0.05, 0) is 74.0 Å². The maximum atomic E-state index is 14.7. The molecule has 1 unspecified atom stereocenters. The van der Waals surface area contributed by atoms with Crippen molar-refractivity contribution < 1.29 is 33.3 Å². The number of thioether (sulfide) groups is 1. The summed E-state index contributed by atoms with van der Waals surface area (Å²) >= 11 is 6.15. The van der Waals surface area contributed by atoms with E-state index in [0.717, 1.165) is 22.4 Å². The third kappa shape index (κ3) is 5.81. The second-order valence-electron chi connectivity index (χ2n) is 7.61. The number of hydroxylamine groups is 2. The summed E-state index contributed by atoms with van der Waals surface area (Å²) in [6, 6.07) is 11.7. The summed E-state index contributed by atoms with van der Waals surface area (Å²) in [4.78, 5) is 35.8. The van der Waals surface area contributed by atoms with Crippen LogP contribution < -0.4 is 4.74 Å². The molecule has 2 saturated heterocycles. The number of thiocarbonyl (C=S) groups is 1. The summed E-state index contributed by atoms with van der Waals surface area (Å²) in [5.41, 5.74) is 1.48. The maximum absolute atomic E-state index is 14.7. The molecule has 1 atom stereocenters. The molecule has 0 bridgehead atoms. The van der Waals surface area contributed by atoms with Crippen molar-refractivity contribution in [3.63, 3.8) is 0 Å². The van der Waals surface area contributed by atoms with Crippen molar-refractivity contribution in [3.05, 3.63) is 64.3 Å². The Kier molecular flexibility index (Phi) is 8.01. The molecule has 2 aliphatic heterocycles. The molecule has 0 radical (unpaired) electrons. The van der Waals surface area contributed by atoms with E-state index in [1.165, 1.54) is 18.2 Å². The number of halogens is 1. The molecule has 2 fully saturated rings. The fourth-order valence-corrected chi connectivity index (χ4v) is 4.73. The summed E-state index contributed by atoms with van der Waals surface area (Å²) in [7, 11) is 0. The zero-order valence-electron chi connectivity index (χ0n) is 19.1. The summed E-state index contributed by atoms with van der Waals surface area (Å²) in [5.74, 6) is -0.538. The van der Waals surface area contributed by atoms with Gasteiger partial charge in [0, 0.05) is 6.54 Å². The van der Waals surface area contributed by atoms with Crippen molar-refractivity contribution in [2.45, 2.75) is 26.3 Å². The highest BCUT2D eigenvalue weighted by Crippen LogP contribution is 2.34. The minimum Gasteiger partial charge on any atom is -0.454 e. The van der Waals surface area contributed by atoms with E-state index in [1.54, 1.807) is 30.0 Å². The monoisotopic (exact) mass is 518 g/mol. The van der Waals surface area contributed by atoms with Crippen LogP contribution in [0.3, 0.4) is 0 Å². The molecule has 0 aliphatic carbocycles. The van der Waals surface area contributed by atoms with Crippen molar-refractivity contribution in [2.75, 3.05) is 19.8 Å². The first-order chi connectivity index (χ1) is 16.9. The van der Waals surface area contributed by atoms with Crippen LogP contribution in [0.25, 0.3) is 6.08 Å². The highest BCUT2D eigenvalue weighted by molar-refractivity contribution is 8.26. The molecule has 2 aliphatic rings. The largest absolute Gasteiger partial charge is 0.454 e. The summed E-state index contributed by atoms with van der Waals surface area (Å²) in [5, 5.41) is 0.879. The zero-order chi connectivity index (χ0) is 24.9. The minimum atomic E-state index is -0.580. The Bertz CT molecular complexity index is 1160. The van der Waals surface area contributed by atoms with Crippen LogP contribution in [0.4, 0.5) is 9.18 Å². The molecule has 35 heavy (non-hydrogen) atoms. The Morgan fingerprint density at radius 1 is 1.20 bits per heavy atom. The quantitative estimate of drug-likeness (QED) is 0.197. The third-order valence-corrected chi connectivity index (χ3v) is 6.56. The lowest BCUT2D eigenvalue weighted by Crippen LogP contribution is -2.34. The average Bonchev–Trinajstić information content (AvgIpc) is 3.32. The SMILES string of the molecule is CCOON1C(=O)/C(=C\c2ccc(Oc3ccc(CC4COC(=O)N4CC)cc3)c(F)c2)SC1=S. The first kappa shape index (κ1) is 25.1. The Morgan fingerprint density at radius 3 is 2.66 bits per heavy atom. The van der Waals surface area contributed by atoms with Crippen LogP contribution in [-0.2, 0) is 25.8 Å². The summed E-state index contributed by atoms with van der Waals surface area (Å²) in [6.45, 7) is 4.84. The topological polar surface area (TPSA) is 77.5 Å². The number of carbonyl (C=O) groups is 2. The van der Waals surface area contributed by atoms with Gasteiger partial charge in [-0.1, -0.05) is 30.0 Å². The molecule has 4 rings (SSSR count). The number of hydrogen-bond acceptors (Lipinski definition) is 8. The number of ether oxygens (including phenoxy) is 2. The zero-order valence-corrected chi connectivity index (χ0v) is 20.7. The van der Waals surface area contributed by atoms with Crippen LogP contribution in [0, 0.1) is 5.82 Å². The van der Waals surface area contributed by atoms with E-state index in [2.05, 4.69) is 0 Å². The van der Waals surface area contributed by atoms with Gasteiger partial charge in [0.1, 0.15) is 12.4 Å². The highest BCUT2D eigenvalue weighted by Gasteiger charge is 2.34. The van der Waals surface area contributed by atoms with Crippen LogP contribution in [-0.4, -0.2) is 52.1 Å². The van der Waals surface area contributed by atoms with Gasteiger partial charge in [0.15, 0.2) is 15.9 Å². The number of rotatable bonds is 9. The van der Waals surface area contributed by atoms with E-state index in [4.69, 9.17) is 31.6 Å². The van der Waals surface area contributed by atoms with Gasteiger partial charge >= 0.3 is 6.09 Å². The molecular formula is C24H23FN2O6S2. The first-order valence-corrected chi connectivity index (χ1v) is 12.2. The Labute approximate surface area is 211 Å². The number of carbonyl (C=O) groups excluding carboxylic acids is 2. The summed E-state index contributed by atoms with van der Waals surface area (Å²) < 4.78 is 25.7. The second-order valence-corrected chi connectivity index (χ2v) is 9.29. The van der Waals surface area contributed by atoms with Crippen molar-refractivity contribution >= 4 is 46.4 Å². The first-order valence-electron chi connectivity index (χ1n) is 11.0. The van der Waals surface area contributed by atoms with E-state index in [-0.39, 0.29) is 33.7 Å². The number of nitrogens with zero attached hydrogens (tertiary/aromatic N) is 2. The van der Waals surface area contributed by atoms with Crippen LogP contribution in [0.1, 0.15) is 25.0 Å². The van der Waals surface area contributed by atoms with Gasteiger partial charge in [-0.25, -0.2) is 14.1 Å². The van der Waals surface area contributed by atoms with Gasteiger partial charge in [0.2, 0.25) is 0 Å². The van der Waals surface area contributed by atoms with Gasteiger partial charge in [0.05, 0.1) is 17.6 Å². The maximum Gasteiger partial charge on any atom is 0.410 e. The van der Waals surface area contributed by atoms with E-state index in [1.807, 2.05) is 19.1 Å². The van der Waals surface area contributed by atoms with Gasteiger partial charge in [-0.15, -0.1) is 10.1 Å². The number of benzene rings is 2. The van der Waals surface area contributed by atoms with Crippen molar-refractivity contribution in [2.24, 2.45) is 0 Å². The van der Waals surface area contributed by atoms with E-state index in [0.29, 0.717) is 30.9 Å². The Morgan fingerprint density at radius 2 is 1.97 bits per heavy atom. The lowest BCUT2D eigenvalue weighted by Gasteiger charge is -2.19.